The van der Waals surface area contributed by atoms with Crippen LogP contribution < -0.4 is 5.32 Å². The second kappa shape index (κ2) is 6.29. The molecule has 0 bridgehead atoms. The summed E-state index contributed by atoms with van der Waals surface area (Å²) in [6, 6.07) is 13.5. The van der Waals surface area contributed by atoms with Crippen molar-refractivity contribution in [1.29, 1.82) is 0 Å². The Morgan fingerprint density at radius 1 is 1.16 bits per heavy atom. The van der Waals surface area contributed by atoms with Gasteiger partial charge < -0.3 is 5.32 Å². The van der Waals surface area contributed by atoms with Crippen molar-refractivity contribution in [1.82, 2.24) is 0 Å². The van der Waals surface area contributed by atoms with Gasteiger partial charge in [-0.2, -0.15) is 0 Å². The zero-order chi connectivity index (χ0) is 13.7. The molecule has 4 heteroatoms. The summed E-state index contributed by atoms with van der Waals surface area (Å²) >= 11 is 3.10. The highest BCUT2D eigenvalue weighted by Crippen LogP contribution is 2.19. The second-order valence-corrected chi connectivity index (χ2v) is 4.69. The number of hydrogen-bond donors (Lipinski definition) is 1. The largest absolute Gasteiger partial charge is 0.362 e. The molecular formula is C15H11BrFNO. The van der Waals surface area contributed by atoms with Crippen LogP contribution in [0.3, 0.4) is 0 Å². The van der Waals surface area contributed by atoms with Crippen molar-refractivity contribution in [2.75, 3.05) is 5.32 Å². The lowest BCUT2D eigenvalue weighted by molar-refractivity contribution is 0.104. The summed E-state index contributed by atoms with van der Waals surface area (Å²) < 4.78 is 13.4. The third-order valence-electron chi connectivity index (χ3n) is 2.46. The van der Waals surface area contributed by atoms with Crippen molar-refractivity contribution >= 4 is 27.4 Å². The Morgan fingerprint density at radius 3 is 2.58 bits per heavy atom. The molecule has 0 aromatic heterocycles. The number of allylic oxidation sites excluding steroid dienone is 1. The Bertz CT molecular complexity index is 611. The van der Waals surface area contributed by atoms with Crippen LogP contribution in [0, 0.1) is 5.82 Å². The standard InChI is InChI=1S/C15H11BrFNO/c16-13-10-12(6-7-14(13)17)18-9-8-15(19)11-4-2-1-3-5-11/h1-10,18H/b9-8+. The number of nitrogens with one attached hydrogen (secondary N) is 1. The van der Waals surface area contributed by atoms with Gasteiger partial charge in [-0.3, -0.25) is 4.79 Å². The van der Waals surface area contributed by atoms with E-state index < -0.39 is 0 Å². The summed E-state index contributed by atoms with van der Waals surface area (Å²) in [5.74, 6) is -0.413. The predicted octanol–water partition coefficient (Wildman–Crippen LogP) is 4.40. The number of ketones is 1. The minimum atomic E-state index is -0.324. The van der Waals surface area contributed by atoms with Crippen LogP contribution in [-0.4, -0.2) is 5.78 Å². The fraction of sp³-hybridized carbons (Fsp3) is 0. The van der Waals surface area contributed by atoms with E-state index in [1.165, 1.54) is 18.3 Å². The fourth-order valence-electron chi connectivity index (χ4n) is 1.50. The lowest BCUT2D eigenvalue weighted by Crippen LogP contribution is -1.96. The maximum Gasteiger partial charge on any atom is 0.187 e. The monoisotopic (exact) mass is 319 g/mol. The molecule has 0 spiro atoms. The number of halogens is 2. The smallest absolute Gasteiger partial charge is 0.187 e. The molecule has 0 heterocycles. The summed E-state index contributed by atoms with van der Waals surface area (Å²) in [6.45, 7) is 0. The molecule has 0 unspecified atom stereocenters. The van der Waals surface area contributed by atoms with Crippen LogP contribution >= 0.6 is 15.9 Å². The molecule has 96 valence electrons. The van der Waals surface area contributed by atoms with Gasteiger partial charge in [0.15, 0.2) is 5.78 Å². The first-order valence-electron chi connectivity index (χ1n) is 5.64. The summed E-state index contributed by atoms with van der Waals surface area (Å²) in [6.07, 6.45) is 2.97. The number of anilines is 1. The lowest BCUT2D eigenvalue weighted by atomic mass is 10.1. The molecular weight excluding hydrogens is 309 g/mol. The van der Waals surface area contributed by atoms with Crippen LogP contribution in [0.1, 0.15) is 10.4 Å². The van der Waals surface area contributed by atoms with Crippen LogP contribution in [0.25, 0.3) is 0 Å². The minimum Gasteiger partial charge on any atom is -0.362 e. The second-order valence-electron chi connectivity index (χ2n) is 3.84. The molecule has 1 N–H and O–H groups in total. The Labute approximate surface area is 119 Å². The van der Waals surface area contributed by atoms with Gasteiger partial charge in [-0.1, -0.05) is 30.3 Å². The van der Waals surface area contributed by atoms with Gasteiger partial charge in [0.25, 0.3) is 0 Å². The molecule has 0 fully saturated rings. The molecule has 0 amide bonds. The van der Waals surface area contributed by atoms with E-state index in [-0.39, 0.29) is 11.6 Å². The minimum absolute atomic E-state index is 0.0886. The highest BCUT2D eigenvalue weighted by Gasteiger charge is 2.00. The van der Waals surface area contributed by atoms with Gasteiger partial charge in [0.05, 0.1) is 4.47 Å². The molecule has 2 aromatic rings. The van der Waals surface area contributed by atoms with Crippen LogP contribution in [0.15, 0.2) is 65.3 Å². The van der Waals surface area contributed by atoms with E-state index in [2.05, 4.69) is 21.2 Å². The average molecular weight is 320 g/mol. The van der Waals surface area contributed by atoms with Gasteiger partial charge in [-0.05, 0) is 34.1 Å². The molecule has 0 aliphatic carbocycles. The topological polar surface area (TPSA) is 29.1 Å². The maximum atomic E-state index is 13.0. The van der Waals surface area contributed by atoms with Gasteiger partial charge >= 0.3 is 0 Å². The van der Waals surface area contributed by atoms with Gasteiger partial charge in [0.1, 0.15) is 5.82 Å². The fourth-order valence-corrected chi connectivity index (χ4v) is 1.88. The highest BCUT2D eigenvalue weighted by atomic mass is 79.9. The van der Waals surface area contributed by atoms with Crippen molar-refractivity contribution in [3.63, 3.8) is 0 Å². The molecule has 0 aliphatic heterocycles. The van der Waals surface area contributed by atoms with Crippen molar-refractivity contribution in [3.05, 3.63) is 76.7 Å². The van der Waals surface area contributed by atoms with E-state index in [0.29, 0.717) is 15.7 Å². The molecule has 0 saturated heterocycles. The Hall–Kier alpha value is -1.94. The van der Waals surface area contributed by atoms with Crippen molar-refractivity contribution in [2.24, 2.45) is 0 Å². The third kappa shape index (κ3) is 3.76. The van der Waals surface area contributed by atoms with Crippen LogP contribution in [0.4, 0.5) is 10.1 Å². The number of carbonyl (C=O) groups excluding carboxylic acids is 1. The first kappa shape index (κ1) is 13.5. The first-order valence-corrected chi connectivity index (χ1v) is 6.43. The SMILES string of the molecule is O=C(/C=C/Nc1ccc(F)c(Br)c1)c1ccccc1. The Morgan fingerprint density at radius 2 is 1.89 bits per heavy atom. The van der Waals surface area contributed by atoms with Crippen LogP contribution in [0.5, 0.6) is 0 Å². The highest BCUT2D eigenvalue weighted by molar-refractivity contribution is 9.10. The predicted molar refractivity (Wildman–Crippen MR) is 77.6 cm³/mol. The summed E-state index contributed by atoms with van der Waals surface area (Å²) in [5.41, 5.74) is 1.33. The summed E-state index contributed by atoms with van der Waals surface area (Å²) in [5, 5.41) is 2.92. The molecule has 2 nitrogen and oxygen atoms in total. The van der Waals surface area contributed by atoms with E-state index in [4.69, 9.17) is 0 Å². The van der Waals surface area contributed by atoms with Gasteiger partial charge in [0, 0.05) is 23.5 Å². The van der Waals surface area contributed by atoms with Gasteiger partial charge in [-0.15, -0.1) is 0 Å². The molecule has 0 radical (unpaired) electrons. The average Bonchev–Trinajstić information content (AvgIpc) is 2.43. The molecule has 2 aromatic carbocycles. The molecule has 2 rings (SSSR count). The van der Waals surface area contributed by atoms with E-state index in [0.717, 1.165) is 0 Å². The van der Waals surface area contributed by atoms with Gasteiger partial charge in [-0.25, -0.2) is 4.39 Å². The van der Waals surface area contributed by atoms with E-state index in [1.54, 1.807) is 24.3 Å². The number of rotatable bonds is 4. The summed E-state index contributed by atoms with van der Waals surface area (Å²) in [7, 11) is 0. The van der Waals surface area contributed by atoms with Crippen molar-refractivity contribution < 1.29 is 9.18 Å². The van der Waals surface area contributed by atoms with Gasteiger partial charge in [0.2, 0.25) is 0 Å². The van der Waals surface area contributed by atoms with Crippen molar-refractivity contribution in [2.45, 2.75) is 0 Å². The molecule has 0 aliphatic rings. The zero-order valence-electron chi connectivity index (χ0n) is 9.94. The lowest BCUT2D eigenvalue weighted by Gasteiger charge is -2.01. The van der Waals surface area contributed by atoms with E-state index in [1.807, 2.05) is 18.2 Å². The Kier molecular flexibility index (Phi) is 4.47. The maximum absolute atomic E-state index is 13.0. The number of benzene rings is 2. The Balaban J connectivity index is 2.00. The third-order valence-corrected chi connectivity index (χ3v) is 3.07. The number of hydrogen-bond acceptors (Lipinski definition) is 2. The summed E-state index contributed by atoms with van der Waals surface area (Å²) in [4.78, 5) is 11.8. The molecule has 0 saturated carbocycles. The van der Waals surface area contributed by atoms with Crippen molar-refractivity contribution in [3.8, 4) is 0 Å². The zero-order valence-corrected chi connectivity index (χ0v) is 11.5. The number of carbonyl (C=O) groups is 1. The molecule has 0 atom stereocenters. The van der Waals surface area contributed by atoms with Crippen LogP contribution in [0.2, 0.25) is 0 Å². The normalized spacial score (nSPS) is 10.6. The van der Waals surface area contributed by atoms with E-state index >= 15 is 0 Å². The quantitative estimate of drug-likeness (QED) is 0.668. The van der Waals surface area contributed by atoms with E-state index in [9.17, 15) is 9.18 Å². The van der Waals surface area contributed by atoms with Crippen LogP contribution in [-0.2, 0) is 0 Å². The molecule has 19 heavy (non-hydrogen) atoms. The first-order chi connectivity index (χ1) is 9.16.